The number of carboxylic acids is 1. The highest BCUT2D eigenvalue weighted by Gasteiger charge is 2.33. The molecule has 0 spiro atoms. The predicted molar refractivity (Wildman–Crippen MR) is 171 cm³/mol. The molecule has 4 rings (SSSR count). The van der Waals surface area contributed by atoms with Gasteiger partial charge in [0.05, 0.1) is 5.69 Å². The van der Waals surface area contributed by atoms with Gasteiger partial charge in [-0.15, -0.1) is 0 Å². The van der Waals surface area contributed by atoms with Crippen LogP contribution in [0, 0.1) is 5.21 Å². The maximum atomic E-state index is 12.9. The Balaban J connectivity index is 1.25. The zero-order chi connectivity index (χ0) is 34.1. The summed E-state index contributed by atoms with van der Waals surface area (Å²) in [5.41, 5.74) is 2.88. The zero-order valence-electron chi connectivity index (χ0n) is 26.3. The van der Waals surface area contributed by atoms with Gasteiger partial charge in [-0.2, -0.15) is 0 Å². The normalized spacial score (nSPS) is 13.4. The molecule has 4 N–H and O–H groups in total. The number of nitrogens with one attached hydrogen (secondary N) is 2. The molecule has 0 aliphatic heterocycles. The van der Waals surface area contributed by atoms with E-state index in [2.05, 4.69) is 10.6 Å². The highest BCUT2D eigenvalue weighted by atomic mass is 16.8. The lowest BCUT2D eigenvalue weighted by molar-refractivity contribution is -0.165. The fourth-order valence-electron chi connectivity index (χ4n) is 5.33. The Morgan fingerprint density at radius 1 is 0.894 bits per heavy atom. The highest BCUT2D eigenvalue weighted by Crippen LogP contribution is 2.44. The van der Waals surface area contributed by atoms with Crippen molar-refractivity contribution in [2.24, 2.45) is 0 Å². The molecular formula is C34H38N3O10-. The third-order valence-corrected chi connectivity index (χ3v) is 7.39. The van der Waals surface area contributed by atoms with Crippen molar-refractivity contribution in [2.75, 3.05) is 18.4 Å². The van der Waals surface area contributed by atoms with Crippen molar-refractivity contribution < 1.29 is 43.7 Å². The summed E-state index contributed by atoms with van der Waals surface area (Å²) in [4.78, 5) is 49.9. The van der Waals surface area contributed by atoms with Gasteiger partial charge in [-0.25, -0.2) is 19.2 Å². The minimum atomic E-state index is -1.66. The van der Waals surface area contributed by atoms with Crippen LogP contribution in [0.15, 0.2) is 72.8 Å². The predicted octanol–water partition coefficient (Wildman–Crippen LogP) is 5.65. The molecule has 250 valence electrons. The van der Waals surface area contributed by atoms with Crippen molar-refractivity contribution >= 4 is 29.8 Å². The summed E-state index contributed by atoms with van der Waals surface area (Å²) in [5.74, 6) is -2.36. The Hall–Kier alpha value is -5.14. The van der Waals surface area contributed by atoms with Gasteiger partial charge in [0, 0.05) is 18.0 Å². The van der Waals surface area contributed by atoms with Crippen LogP contribution in [0.5, 0.6) is 0 Å². The lowest BCUT2D eigenvalue weighted by atomic mass is 9.98. The summed E-state index contributed by atoms with van der Waals surface area (Å²) in [6.45, 7) is 4.94. The van der Waals surface area contributed by atoms with Gasteiger partial charge in [-0.05, 0) is 68.4 Å². The number of unbranched alkanes of at least 4 members (excludes halogenated alkanes) is 1. The number of carbonyl (C=O) groups excluding carboxylic acids is 3. The summed E-state index contributed by atoms with van der Waals surface area (Å²) in [7, 11) is 0. The Kier molecular flexibility index (Phi) is 11.4. The van der Waals surface area contributed by atoms with E-state index in [1.54, 1.807) is 20.8 Å². The monoisotopic (exact) mass is 648 g/mol. The molecule has 0 fully saturated rings. The number of rotatable bonds is 13. The summed E-state index contributed by atoms with van der Waals surface area (Å²) < 4.78 is 16.1. The number of fused-ring (bicyclic) bond motifs is 3. The van der Waals surface area contributed by atoms with Gasteiger partial charge in [-0.1, -0.05) is 66.7 Å². The van der Waals surface area contributed by atoms with E-state index in [0.29, 0.717) is 12.8 Å². The molecule has 3 aromatic carbocycles. The molecule has 13 nitrogen and oxygen atoms in total. The Morgan fingerprint density at radius 3 is 2.09 bits per heavy atom. The van der Waals surface area contributed by atoms with Crippen LogP contribution in [0.1, 0.15) is 68.7 Å². The highest BCUT2D eigenvalue weighted by molar-refractivity contribution is 5.83. The number of aliphatic carboxylic acids is 1. The molecule has 0 radical (unpaired) electrons. The standard InChI is InChI=1S/C34H38N3O10/c1-34(2,3)47-31(40)29(25-16-8-9-18-28(25)37(43)44)46-32(41)35-19-11-10-17-27(30(38)39)36-33(42)45-20-26-23-14-6-4-12-21(23)22-13-5-7-15-24(22)26/h4-9,12-16,18,26-27,29,43H,10-11,17,19-20H2,1-3H3,(H,35,41)(H,36,42)(H,38,39)/q-1/t27-,29?/m1/s1. The average Bonchev–Trinajstić information content (AvgIpc) is 3.34. The van der Waals surface area contributed by atoms with Gasteiger partial charge in [0.25, 0.3) is 0 Å². The summed E-state index contributed by atoms with van der Waals surface area (Å²) in [5, 5.41) is 35.2. The number of carbonyl (C=O) groups is 4. The van der Waals surface area contributed by atoms with E-state index >= 15 is 0 Å². The number of anilines is 1. The fourth-order valence-corrected chi connectivity index (χ4v) is 5.33. The molecule has 13 heteroatoms. The van der Waals surface area contributed by atoms with E-state index in [-0.39, 0.29) is 36.7 Å². The molecular weight excluding hydrogens is 610 g/mol. The lowest BCUT2D eigenvalue weighted by Crippen LogP contribution is -2.41. The minimum Gasteiger partial charge on any atom is -0.733 e. The van der Waals surface area contributed by atoms with E-state index in [0.717, 1.165) is 22.3 Å². The van der Waals surface area contributed by atoms with Crippen molar-refractivity contribution in [1.82, 2.24) is 10.6 Å². The van der Waals surface area contributed by atoms with E-state index < -0.39 is 47.1 Å². The number of hydrogen-bond donors (Lipinski definition) is 4. The first-order valence-electron chi connectivity index (χ1n) is 15.1. The third-order valence-electron chi connectivity index (χ3n) is 7.39. The summed E-state index contributed by atoms with van der Waals surface area (Å²) in [6, 6.07) is 20.0. The number of amides is 2. The Labute approximate surface area is 272 Å². The number of alkyl carbamates (subject to hydrolysis) is 2. The largest absolute Gasteiger partial charge is 0.733 e. The molecule has 0 bridgehead atoms. The molecule has 2 atom stereocenters. The van der Waals surface area contributed by atoms with Gasteiger partial charge < -0.3 is 40.4 Å². The molecule has 2 amide bonds. The molecule has 0 saturated carbocycles. The zero-order valence-corrected chi connectivity index (χ0v) is 26.3. The maximum absolute atomic E-state index is 12.9. The van der Waals surface area contributed by atoms with Gasteiger partial charge in [-0.3, -0.25) is 5.21 Å². The summed E-state index contributed by atoms with van der Waals surface area (Å²) >= 11 is 0. The van der Waals surface area contributed by atoms with Crippen LogP contribution < -0.4 is 15.9 Å². The van der Waals surface area contributed by atoms with Crippen molar-refractivity contribution in [3.63, 3.8) is 0 Å². The van der Waals surface area contributed by atoms with Gasteiger partial charge in [0.1, 0.15) is 18.2 Å². The first-order chi connectivity index (χ1) is 22.4. The summed E-state index contributed by atoms with van der Waals surface area (Å²) in [6.07, 6.45) is -2.85. The van der Waals surface area contributed by atoms with Crippen LogP contribution in [0.25, 0.3) is 11.1 Å². The first kappa shape index (κ1) is 34.7. The van der Waals surface area contributed by atoms with Crippen LogP contribution in [0.4, 0.5) is 15.3 Å². The SMILES string of the molecule is CC(C)(C)OC(=O)C(OC(=O)NCCCC[C@@H](NC(=O)OCC1c2ccccc2-c2ccccc21)C(=O)O)c1ccccc1N([O-])O. The number of esters is 1. The van der Waals surface area contributed by atoms with Crippen LogP contribution >= 0.6 is 0 Å². The number of carboxylic acid groups (broad SMARTS) is 1. The van der Waals surface area contributed by atoms with Crippen LogP contribution in [-0.4, -0.2) is 59.2 Å². The number of hydrogen-bond acceptors (Lipinski definition) is 10. The average molecular weight is 649 g/mol. The number of para-hydroxylation sites is 1. The van der Waals surface area contributed by atoms with Gasteiger partial charge >= 0.3 is 24.1 Å². The number of benzene rings is 3. The second-order valence-corrected chi connectivity index (χ2v) is 11.9. The molecule has 47 heavy (non-hydrogen) atoms. The Bertz CT molecular complexity index is 1540. The molecule has 1 aliphatic rings. The maximum Gasteiger partial charge on any atom is 0.408 e. The van der Waals surface area contributed by atoms with Gasteiger partial charge in [0.2, 0.25) is 6.10 Å². The smallest absolute Gasteiger partial charge is 0.408 e. The number of ether oxygens (including phenoxy) is 3. The van der Waals surface area contributed by atoms with Crippen molar-refractivity contribution in [2.45, 2.75) is 63.7 Å². The van der Waals surface area contributed by atoms with Crippen LogP contribution in [-0.2, 0) is 23.8 Å². The molecule has 1 unspecified atom stereocenters. The van der Waals surface area contributed by atoms with Crippen molar-refractivity contribution in [3.05, 3.63) is 94.7 Å². The van der Waals surface area contributed by atoms with Crippen LogP contribution in [0.3, 0.4) is 0 Å². The molecule has 0 saturated heterocycles. The van der Waals surface area contributed by atoms with E-state index in [1.807, 2.05) is 48.5 Å². The molecule has 0 aromatic heterocycles. The van der Waals surface area contributed by atoms with E-state index in [1.165, 1.54) is 24.3 Å². The number of nitrogens with zero attached hydrogens (tertiary/aromatic N) is 1. The molecule has 3 aromatic rings. The molecule has 0 heterocycles. The lowest BCUT2D eigenvalue weighted by Gasteiger charge is -2.29. The van der Waals surface area contributed by atoms with Crippen molar-refractivity contribution in [3.8, 4) is 11.1 Å². The first-order valence-corrected chi connectivity index (χ1v) is 15.1. The third kappa shape index (κ3) is 9.21. The quantitative estimate of drug-likeness (QED) is 0.0776. The second-order valence-electron chi connectivity index (χ2n) is 11.9. The van der Waals surface area contributed by atoms with Gasteiger partial charge in [0.15, 0.2) is 0 Å². The minimum absolute atomic E-state index is 0.0398. The van der Waals surface area contributed by atoms with E-state index in [4.69, 9.17) is 14.2 Å². The van der Waals surface area contributed by atoms with Crippen LogP contribution in [0.2, 0.25) is 0 Å². The molecule has 1 aliphatic carbocycles. The van der Waals surface area contributed by atoms with Crippen molar-refractivity contribution in [1.29, 1.82) is 0 Å². The topological polar surface area (TPSA) is 187 Å². The van der Waals surface area contributed by atoms with E-state index in [9.17, 15) is 34.7 Å². The second kappa shape index (κ2) is 15.4. The Morgan fingerprint density at radius 2 is 1.49 bits per heavy atom. The fraction of sp³-hybridized carbons (Fsp3) is 0.353.